The van der Waals surface area contributed by atoms with Crippen LogP contribution in [-0.4, -0.2) is 15.3 Å². The number of benzene rings is 1. The van der Waals surface area contributed by atoms with Crippen LogP contribution in [0, 0.1) is 29.0 Å². The lowest BCUT2D eigenvalue weighted by Crippen LogP contribution is -2.49. The van der Waals surface area contributed by atoms with Crippen molar-refractivity contribution in [2.45, 2.75) is 44.6 Å². The van der Waals surface area contributed by atoms with Gasteiger partial charge in [0.05, 0.1) is 22.8 Å². The third kappa shape index (κ3) is 1.94. The highest BCUT2D eigenvalue weighted by atomic mass is 35.5. The Bertz CT molecular complexity index is 751. The van der Waals surface area contributed by atoms with Crippen molar-refractivity contribution in [2.24, 2.45) is 23.2 Å². The van der Waals surface area contributed by atoms with Gasteiger partial charge in [0.15, 0.2) is 0 Å². The van der Waals surface area contributed by atoms with Crippen LogP contribution in [0.15, 0.2) is 12.3 Å². The minimum atomic E-state index is -0.808. The van der Waals surface area contributed by atoms with Gasteiger partial charge in [0.2, 0.25) is 0 Å². The summed E-state index contributed by atoms with van der Waals surface area (Å²) < 4.78 is 14.8. The number of hydrogen-bond donors (Lipinski definition) is 2. The van der Waals surface area contributed by atoms with Gasteiger partial charge in [-0.3, -0.25) is 5.10 Å². The summed E-state index contributed by atoms with van der Waals surface area (Å²) in [7, 11) is 0. The first-order valence-electron chi connectivity index (χ1n) is 8.55. The van der Waals surface area contributed by atoms with E-state index in [1.165, 1.54) is 19.3 Å². The second-order valence-electron chi connectivity index (χ2n) is 8.10. The minimum absolute atomic E-state index is 0.0673. The zero-order valence-electron chi connectivity index (χ0n) is 12.9. The summed E-state index contributed by atoms with van der Waals surface area (Å²) in [5.74, 6) is 1.62. The van der Waals surface area contributed by atoms with Crippen LogP contribution in [0.5, 0.6) is 0 Å². The minimum Gasteiger partial charge on any atom is -0.388 e. The summed E-state index contributed by atoms with van der Waals surface area (Å²) in [5, 5.41) is 19.0. The Morgan fingerprint density at radius 3 is 2.43 bits per heavy atom. The number of aliphatic hydroxyl groups excluding tert-OH is 1. The van der Waals surface area contributed by atoms with Crippen molar-refractivity contribution < 1.29 is 9.50 Å². The Hall–Kier alpha value is -1.13. The molecule has 1 atom stereocenters. The fourth-order valence-corrected chi connectivity index (χ4v) is 6.35. The number of H-pyrrole nitrogens is 1. The molecule has 1 aromatic carbocycles. The zero-order valence-corrected chi connectivity index (χ0v) is 13.6. The summed E-state index contributed by atoms with van der Waals surface area (Å²) in [4.78, 5) is 0. The number of nitrogens with one attached hydrogen (secondary N) is 1. The third-order valence-corrected chi connectivity index (χ3v) is 6.88. The average Bonchev–Trinajstić information content (AvgIpc) is 2.94. The number of fused-ring (bicyclic) bond motifs is 1. The Morgan fingerprint density at radius 1 is 1.22 bits per heavy atom. The molecular formula is C18H20ClFN2O. The molecule has 6 rings (SSSR count). The third-order valence-electron chi connectivity index (χ3n) is 6.61. The van der Waals surface area contributed by atoms with Crippen molar-refractivity contribution in [1.29, 1.82) is 0 Å². The molecule has 0 radical (unpaired) electrons. The van der Waals surface area contributed by atoms with E-state index in [1.807, 2.05) is 0 Å². The average molecular weight is 335 g/mol. The number of aliphatic hydroxyl groups is 1. The first kappa shape index (κ1) is 14.2. The predicted molar refractivity (Wildman–Crippen MR) is 86.6 cm³/mol. The standard InChI is InChI=1S/C18H20ClFN2O/c19-13-4-12-8-21-22-16(12)14(15(13)20)17(23)18-5-9-1-10(6-18)3-11(2-9)7-18/h4,8-11,17,23H,1-3,5-7H2,(H,21,22). The van der Waals surface area contributed by atoms with E-state index in [-0.39, 0.29) is 10.4 Å². The van der Waals surface area contributed by atoms with Crippen molar-refractivity contribution in [3.63, 3.8) is 0 Å². The maximum Gasteiger partial charge on any atom is 0.149 e. The van der Waals surface area contributed by atoms with E-state index in [1.54, 1.807) is 12.3 Å². The first-order valence-corrected chi connectivity index (χ1v) is 8.92. The van der Waals surface area contributed by atoms with Crippen LogP contribution >= 0.6 is 11.6 Å². The highest BCUT2D eigenvalue weighted by molar-refractivity contribution is 6.31. The van der Waals surface area contributed by atoms with Crippen molar-refractivity contribution in [1.82, 2.24) is 10.2 Å². The Labute approximate surface area is 139 Å². The van der Waals surface area contributed by atoms with Crippen molar-refractivity contribution in [3.05, 3.63) is 28.7 Å². The molecule has 2 aromatic rings. The van der Waals surface area contributed by atoms with Crippen LogP contribution in [-0.2, 0) is 0 Å². The number of rotatable bonds is 2. The molecule has 4 fully saturated rings. The largest absolute Gasteiger partial charge is 0.388 e. The van der Waals surface area contributed by atoms with Gasteiger partial charge in [0.25, 0.3) is 0 Å². The topological polar surface area (TPSA) is 48.9 Å². The molecule has 4 saturated carbocycles. The predicted octanol–water partition coefficient (Wildman–Crippen LogP) is 4.61. The van der Waals surface area contributed by atoms with Crippen LogP contribution in [0.25, 0.3) is 10.9 Å². The zero-order chi connectivity index (χ0) is 15.8. The highest BCUT2D eigenvalue weighted by Crippen LogP contribution is 2.64. The molecular weight excluding hydrogens is 315 g/mol. The van der Waals surface area contributed by atoms with Gasteiger partial charge in [-0.25, -0.2) is 4.39 Å². The molecule has 0 saturated heterocycles. The number of hydrogen-bond acceptors (Lipinski definition) is 2. The molecule has 3 nitrogen and oxygen atoms in total. The summed E-state index contributed by atoms with van der Waals surface area (Å²) >= 11 is 6.07. The molecule has 0 aliphatic heterocycles. The molecule has 0 spiro atoms. The van der Waals surface area contributed by atoms with Gasteiger partial charge in [-0.1, -0.05) is 11.6 Å². The number of nitrogens with zero attached hydrogens (tertiary/aromatic N) is 1. The molecule has 122 valence electrons. The molecule has 1 heterocycles. The van der Waals surface area contributed by atoms with Gasteiger partial charge in [-0.2, -0.15) is 5.10 Å². The molecule has 0 amide bonds. The normalized spacial score (nSPS) is 36.7. The summed E-state index contributed by atoms with van der Waals surface area (Å²) in [6.07, 6.45) is 7.76. The maximum absolute atomic E-state index is 14.8. The summed E-state index contributed by atoms with van der Waals surface area (Å²) in [6.45, 7) is 0. The van der Waals surface area contributed by atoms with E-state index < -0.39 is 11.9 Å². The second kappa shape index (κ2) is 4.70. The van der Waals surface area contributed by atoms with Gasteiger partial charge < -0.3 is 5.11 Å². The molecule has 23 heavy (non-hydrogen) atoms. The lowest BCUT2D eigenvalue weighted by Gasteiger charge is -2.58. The Morgan fingerprint density at radius 2 is 1.83 bits per heavy atom. The van der Waals surface area contributed by atoms with E-state index in [2.05, 4.69) is 10.2 Å². The fraction of sp³-hybridized carbons (Fsp3) is 0.611. The monoisotopic (exact) mass is 334 g/mol. The van der Waals surface area contributed by atoms with E-state index >= 15 is 0 Å². The van der Waals surface area contributed by atoms with Crippen LogP contribution in [0.3, 0.4) is 0 Å². The maximum atomic E-state index is 14.8. The second-order valence-corrected chi connectivity index (χ2v) is 8.51. The van der Waals surface area contributed by atoms with Gasteiger partial charge in [0.1, 0.15) is 5.82 Å². The van der Waals surface area contributed by atoms with E-state index in [0.717, 1.165) is 24.6 Å². The number of aromatic nitrogens is 2. The lowest BCUT2D eigenvalue weighted by atomic mass is 9.47. The van der Waals surface area contributed by atoms with Crippen LogP contribution in [0.4, 0.5) is 4.39 Å². The SMILES string of the molecule is OC(c1c(F)c(Cl)cc2cn[nH]c12)C12CC3CC(CC(C3)C1)C2. The lowest BCUT2D eigenvalue weighted by molar-refractivity contribution is -0.122. The molecule has 1 unspecified atom stereocenters. The van der Waals surface area contributed by atoms with Gasteiger partial charge in [-0.05, 0) is 62.3 Å². The van der Waals surface area contributed by atoms with Crippen LogP contribution < -0.4 is 0 Å². The molecule has 5 heteroatoms. The Kier molecular flexibility index (Phi) is 2.91. The van der Waals surface area contributed by atoms with E-state index in [9.17, 15) is 9.50 Å². The Balaban J connectivity index is 1.65. The summed E-state index contributed by atoms with van der Waals surface area (Å²) in [6, 6.07) is 1.58. The molecule has 4 bridgehead atoms. The van der Waals surface area contributed by atoms with Crippen molar-refractivity contribution in [3.8, 4) is 0 Å². The number of halogens is 2. The smallest absolute Gasteiger partial charge is 0.149 e. The van der Waals surface area contributed by atoms with Crippen molar-refractivity contribution >= 4 is 22.5 Å². The van der Waals surface area contributed by atoms with E-state index in [0.29, 0.717) is 28.8 Å². The fourth-order valence-electron chi connectivity index (χ4n) is 6.13. The molecule has 1 aromatic heterocycles. The molecule has 2 N–H and O–H groups in total. The van der Waals surface area contributed by atoms with Gasteiger partial charge in [-0.15, -0.1) is 0 Å². The quantitative estimate of drug-likeness (QED) is 0.842. The van der Waals surface area contributed by atoms with Gasteiger partial charge in [0, 0.05) is 16.4 Å². The van der Waals surface area contributed by atoms with E-state index in [4.69, 9.17) is 11.6 Å². The van der Waals surface area contributed by atoms with Crippen molar-refractivity contribution in [2.75, 3.05) is 0 Å². The summed E-state index contributed by atoms with van der Waals surface area (Å²) in [5.41, 5.74) is 0.736. The van der Waals surface area contributed by atoms with Crippen LogP contribution in [0.1, 0.15) is 50.2 Å². The molecule has 4 aliphatic rings. The molecule has 4 aliphatic carbocycles. The van der Waals surface area contributed by atoms with Gasteiger partial charge >= 0.3 is 0 Å². The first-order chi connectivity index (χ1) is 11.1. The van der Waals surface area contributed by atoms with Crippen LogP contribution in [0.2, 0.25) is 5.02 Å². The highest BCUT2D eigenvalue weighted by Gasteiger charge is 2.55. The number of aromatic amines is 1.